The van der Waals surface area contributed by atoms with Crippen molar-refractivity contribution in [3.63, 3.8) is 0 Å². The van der Waals surface area contributed by atoms with Crippen molar-refractivity contribution >= 4 is 27.6 Å². The van der Waals surface area contributed by atoms with Crippen molar-refractivity contribution in [2.45, 2.75) is 43.5 Å². The molecule has 0 saturated carbocycles. The second-order valence-corrected chi connectivity index (χ2v) is 8.80. The molecule has 1 aliphatic carbocycles. The fourth-order valence-electron chi connectivity index (χ4n) is 3.34. The van der Waals surface area contributed by atoms with Gasteiger partial charge in [-0.3, -0.25) is 0 Å². The number of nitrogens with one attached hydrogen (secondary N) is 1. The van der Waals surface area contributed by atoms with Gasteiger partial charge in [0, 0.05) is 6.04 Å². The Morgan fingerprint density at radius 1 is 1.11 bits per heavy atom. The molecule has 0 aromatic heterocycles. The van der Waals surface area contributed by atoms with E-state index in [9.17, 15) is 13.2 Å². The van der Waals surface area contributed by atoms with Crippen LogP contribution in [-0.4, -0.2) is 21.5 Å². The summed E-state index contributed by atoms with van der Waals surface area (Å²) < 4.78 is 33.0. The smallest absolute Gasteiger partial charge is 0.337 e. The van der Waals surface area contributed by atoms with Gasteiger partial charge in [0.15, 0.2) is 0 Å². The van der Waals surface area contributed by atoms with Crippen LogP contribution in [0.15, 0.2) is 41.3 Å². The molecule has 1 aliphatic rings. The van der Waals surface area contributed by atoms with Gasteiger partial charge >= 0.3 is 5.97 Å². The summed E-state index contributed by atoms with van der Waals surface area (Å²) in [6, 6.07) is 9.74. The van der Waals surface area contributed by atoms with Gasteiger partial charge in [-0.2, -0.15) is 0 Å². The highest BCUT2D eigenvalue weighted by atomic mass is 35.5. The van der Waals surface area contributed by atoms with Crippen molar-refractivity contribution < 1.29 is 17.9 Å². The molecule has 7 heteroatoms. The normalized spacial score (nSPS) is 15.1. The van der Waals surface area contributed by atoms with Gasteiger partial charge in [0.1, 0.15) is 4.90 Å². The topological polar surface area (TPSA) is 72.5 Å². The van der Waals surface area contributed by atoms with E-state index in [1.807, 2.05) is 6.07 Å². The van der Waals surface area contributed by atoms with Crippen LogP contribution in [0, 0.1) is 0 Å². The molecule has 0 saturated heterocycles. The number of ether oxygens (including phenoxy) is 1. The molecule has 0 amide bonds. The lowest BCUT2D eigenvalue weighted by molar-refractivity contribution is 0.0600. The molecule has 1 unspecified atom stereocenters. The minimum Gasteiger partial charge on any atom is -0.465 e. The molecule has 0 aliphatic heterocycles. The van der Waals surface area contributed by atoms with Gasteiger partial charge in [-0.05, 0) is 67.5 Å². The van der Waals surface area contributed by atoms with E-state index in [-0.39, 0.29) is 15.5 Å². The Kier molecular flexibility index (Phi) is 5.89. The summed E-state index contributed by atoms with van der Waals surface area (Å²) in [5.74, 6) is -0.620. The van der Waals surface area contributed by atoms with Crippen molar-refractivity contribution in [2.75, 3.05) is 7.11 Å². The SMILES string of the molecule is COC(=O)c1ccc(Cl)c(S(=O)(=O)NC(C)c2ccc3c(c2)CCCC3)c1. The number of hydrogen-bond donors (Lipinski definition) is 1. The molecule has 1 N–H and O–H groups in total. The summed E-state index contributed by atoms with van der Waals surface area (Å²) in [6.07, 6.45) is 4.46. The van der Waals surface area contributed by atoms with E-state index in [0.29, 0.717) is 0 Å². The second kappa shape index (κ2) is 8.00. The van der Waals surface area contributed by atoms with Crippen LogP contribution in [0.4, 0.5) is 0 Å². The Bertz CT molecular complexity index is 972. The summed E-state index contributed by atoms with van der Waals surface area (Å²) >= 11 is 6.08. The Balaban J connectivity index is 1.87. The number of carbonyl (C=O) groups is 1. The van der Waals surface area contributed by atoms with Crippen LogP contribution in [0.25, 0.3) is 0 Å². The van der Waals surface area contributed by atoms with Gasteiger partial charge in [0.2, 0.25) is 10.0 Å². The van der Waals surface area contributed by atoms with E-state index in [1.54, 1.807) is 6.92 Å². The molecule has 2 aromatic carbocycles. The predicted molar refractivity (Wildman–Crippen MR) is 105 cm³/mol. The molecular weight excluding hydrogens is 386 g/mol. The van der Waals surface area contributed by atoms with Gasteiger partial charge in [0.25, 0.3) is 0 Å². The van der Waals surface area contributed by atoms with Crippen LogP contribution >= 0.6 is 11.6 Å². The number of esters is 1. The van der Waals surface area contributed by atoms with Gasteiger partial charge < -0.3 is 4.74 Å². The second-order valence-electron chi connectivity index (χ2n) is 6.72. The maximum atomic E-state index is 12.8. The number of halogens is 1. The lowest BCUT2D eigenvalue weighted by atomic mass is 9.89. The van der Waals surface area contributed by atoms with E-state index >= 15 is 0 Å². The molecule has 1 atom stereocenters. The molecule has 144 valence electrons. The molecule has 3 rings (SSSR count). The van der Waals surface area contributed by atoms with Crippen LogP contribution in [0.5, 0.6) is 0 Å². The first-order chi connectivity index (χ1) is 12.8. The molecule has 0 heterocycles. The summed E-state index contributed by atoms with van der Waals surface area (Å²) in [5, 5.41) is 0.0489. The zero-order valence-electron chi connectivity index (χ0n) is 15.3. The highest BCUT2D eigenvalue weighted by Crippen LogP contribution is 2.27. The van der Waals surface area contributed by atoms with E-state index in [4.69, 9.17) is 11.6 Å². The van der Waals surface area contributed by atoms with Crippen LogP contribution < -0.4 is 4.72 Å². The standard InChI is InChI=1S/C20H22ClNO4S/c1-13(15-8-7-14-5-3-4-6-16(14)11-15)22-27(24,25)19-12-17(20(23)26-2)9-10-18(19)21/h7-13,22H,3-6H2,1-2H3. The third-order valence-electron chi connectivity index (χ3n) is 4.85. The van der Waals surface area contributed by atoms with Crippen LogP contribution in [0.3, 0.4) is 0 Å². The number of rotatable bonds is 5. The number of hydrogen-bond acceptors (Lipinski definition) is 4. The Hall–Kier alpha value is -1.89. The molecule has 0 bridgehead atoms. The zero-order chi connectivity index (χ0) is 19.6. The largest absolute Gasteiger partial charge is 0.465 e. The van der Waals surface area contributed by atoms with Crippen molar-refractivity contribution in [2.24, 2.45) is 0 Å². The average molecular weight is 408 g/mol. The van der Waals surface area contributed by atoms with Gasteiger partial charge in [-0.25, -0.2) is 17.9 Å². The maximum absolute atomic E-state index is 12.8. The predicted octanol–water partition coefficient (Wildman–Crippen LogP) is 4.04. The number of fused-ring (bicyclic) bond motifs is 1. The molecule has 0 fully saturated rings. The number of sulfonamides is 1. The third-order valence-corrected chi connectivity index (χ3v) is 6.87. The lowest BCUT2D eigenvalue weighted by Gasteiger charge is -2.20. The first kappa shape index (κ1) is 19.9. The number of benzene rings is 2. The van der Waals surface area contributed by atoms with Crippen LogP contribution in [0.1, 0.15) is 52.9 Å². The van der Waals surface area contributed by atoms with Crippen molar-refractivity contribution in [3.8, 4) is 0 Å². The molecule has 27 heavy (non-hydrogen) atoms. The minimum absolute atomic E-state index is 0.0489. The number of aryl methyl sites for hydroxylation is 2. The average Bonchev–Trinajstić information content (AvgIpc) is 2.66. The number of carbonyl (C=O) groups excluding carboxylic acids is 1. The fraction of sp³-hybridized carbons (Fsp3) is 0.350. The fourth-order valence-corrected chi connectivity index (χ4v) is 5.10. The van der Waals surface area contributed by atoms with E-state index < -0.39 is 22.0 Å². The monoisotopic (exact) mass is 407 g/mol. The maximum Gasteiger partial charge on any atom is 0.337 e. The zero-order valence-corrected chi connectivity index (χ0v) is 16.9. The molecule has 2 aromatic rings. The van der Waals surface area contributed by atoms with Crippen molar-refractivity contribution in [1.82, 2.24) is 4.72 Å². The van der Waals surface area contributed by atoms with E-state index in [1.165, 1.54) is 42.9 Å². The molecule has 5 nitrogen and oxygen atoms in total. The summed E-state index contributed by atoms with van der Waals surface area (Å²) in [7, 11) is -2.68. The highest BCUT2D eigenvalue weighted by Gasteiger charge is 2.23. The van der Waals surface area contributed by atoms with E-state index in [0.717, 1.165) is 24.8 Å². The Labute approximate surface area is 164 Å². The summed E-state index contributed by atoms with van der Waals surface area (Å²) in [6.45, 7) is 1.79. The lowest BCUT2D eigenvalue weighted by Crippen LogP contribution is -2.27. The number of methoxy groups -OCH3 is 1. The van der Waals surface area contributed by atoms with E-state index in [2.05, 4.69) is 21.6 Å². The quantitative estimate of drug-likeness (QED) is 0.759. The summed E-state index contributed by atoms with van der Waals surface area (Å²) in [4.78, 5) is 11.6. The molecular formula is C20H22ClNO4S. The van der Waals surface area contributed by atoms with Crippen LogP contribution in [-0.2, 0) is 27.6 Å². The first-order valence-corrected chi connectivity index (χ1v) is 10.7. The van der Waals surface area contributed by atoms with Crippen molar-refractivity contribution in [3.05, 3.63) is 63.7 Å². The van der Waals surface area contributed by atoms with Crippen molar-refractivity contribution in [1.29, 1.82) is 0 Å². The molecule has 0 spiro atoms. The Morgan fingerprint density at radius 2 is 1.81 bits per heavy atom. The minimum atomic E-state index is -3.91. The van der Waals surface area contributed by atoms with Crippen LogP contribution in [0.2, 0.25) is 5.02 Å². The Morgan fingerprint density at radius 3 is 2.52 bits per heavy atom. The third kappa shape index (κ3) is 4.34. The summed E-state index contributed by atoms with van der Waals surface area (Å²) in [5.41, 5.74) is 3.66. The highest BCUT2D eigenvalue weighted by molar-refractivity contribution is 7.89. The first-order valence-electron chi connectivity index (χ1n) is 8.83. The van der Waals surface area contributed by atoms with Gasteiger partial charge in [-0.15, -0.1) is 0 Å². The molecule has 0 radical (unpaired) electrons. The van der Waals surface area contributed by atoms with Gasteiger partial charge in [-0.1, -0.05) is 29.8 Å². The van der Waals surface area contributed by atoms with Gasteiger partial charge in [0.05, 0.1) is 17.7 Å².